The molecule has 2 heterocycles. The number of nitrogen functional groups attached to an aromatic ring is 1. The molecule has 7 heteroatoms. The van der Waals surface area contributed by atoms with Crippen molar-refractivity contribution in [3.05, 3.63) is 18.1 Å². The zero-order valence-corrected chi connectivity index (χ0v) is 12.1. The van der Waals surface area contributed by atoms with Gasteiger partial charge in [-0.25, -0.2) is 9.97 Å². The second-order valence-corrected chi connectivity index (χ2v) is 5.26. The van der Waals surface area contributed by atoms with Gasteiger partial charge < -0.3 is 15.5 Å². The number of rotatable bonds is 4. The van der Waals surface area contributed by atoms with E-state index in [1.165, 1.54) is 12.4 Å². The third-order valence-electron chi connectivity index (χ3n) is 3.41. The summed E-state index contributed by atoms with van der Waals surface area (Å²) >= 11 is 0. The van der Waals surface area contributed by atoms with Crippen molar-refractivity contribution in [3.8, 4) is 0 Å². The van der Waals surface area contributed by atoms with Crippen molar-refractivity contribution < 1.29 is 4.79 Å². The van der Waals surface area contributed by atoms with Crippen molar-refractivity contribution in [2.24, 2.45) is 0 Å². The van der Waals surface area contributed by atoms with Crippen molar-refractivity contribution >= 4 is 11.7 Å². The number of carbonyl (C=O) groups is 1. The monoisotopic (exact) mass is 278 g/mol. The first-order chi connectivity index (χ1) is 9.56. The van der Waals surface area contributed by atoms with Crippen LogP contribution in [0, 0.1) is 0 Å². The van der Waals surface area contributed by atoms with Crippen molar-refractivity contribution in [1.82, 2.24) is 24.7 Å². The third kappa shape index (κ3) is 3.88. The maximum absolute atomic E-state index is 12.2. The molecule has 1 amide bonds. The van der Waals surface area contributed by atoms with Crippen LogP contribution in [0.15, 0.2) is 12.4 Å². The van der Waals surface area contributed by atoms with Crippen LogP contribution in [0.3, 0.4) is 0 Å². The number of hydrogen-bond acceptors (Lipinski definition) is 6. The van der Waals surface area contributed by atoms with Crippen LogP contribution < -0.4 is 5.73 Å². The van der Waals surface area contributed by atoms with Crippen molar-refractivity contribution in [2.45, 2.75) is 0 Å². The zero-order valence-electron chi connectivity index (χ0n) is 12.1. The largest absolute Gasteiger partial charge is 0.382 e. The first kappa shape index (κ1) is 14.7. The summed E-state index contributed by atoms with van der Waals surface area (Å²) in [6.45, 7) is 5.36. The van der Waals surface area contributed by atoms with E-state index in [0.717, 1.165) is 39.3 Å². The van der Waals surface area contributed by atoms with E-state index in [9.17, 15) is 4.79 Å². The second-order valence-electron chi connectivity index (χ2n) is 5.26. The highest BCUT2D eigenvalue weighted by atomic mass is 16.2. The number of hydrogen-bond donors (Lipinski definition) is 1. The summed E-state index contributed by atoms with van der Waals surface area (Å²) in [5.41, 5.74) is 5.83. The SMILES string of the molecule is CN(C)CCN1CCN(C(=O)c2cnc(N)cn2)CC1. The van der Waals surface area contributed by atoms with Crippen LogP contribution in [0.1, 0.15) is 10.5 Å². The molecule has 1 fully saturated rings. The van der Waals surface area contributed by atoms with Crippen molar-refractivity contribution in [1.29, 1.82) is 0 Å². The quantitative estimate of drug-likeness (QED) is 0.791. The molecule has 0 bridgehead atoms. The first-order valence-corrected chi connectivity index (χ1v) is 6.80. The summed E-state index contributed by atoms with van der Waals surface area (Å²) in [5, 5.41) is 0. The fraction of sp³-hybridized carbons (Fsp3) is 0.615. The number of aromatic nitrogens is 2. The smallest absolute Gasteiger partial charge is 0.274 e. The molecule has 0 radical (unpaired) electrons. The average Bonchev–Trinajstić information content (AvgIpc) is 2.46. The van der Waals surface area contributed by atoms with Gasteiger partial charge in [-0.3, -0.25) is 9.69 Å². The standard InChI is InChI=1S/C13H22N6O/c1-17(2)3-4-18-5-7-19(8-6-18)13(20)11-9-16-12(14)10-15-11/h9-10H,3-8H2,1-2H3,(H2,14,16). The highest BCUT2D eigenvalue weighted by molar-refractivity contribution is 5.92. The molecule has 0 saturated carbocycles. The third-order valence-corrected chi connectivity index (χ3v) is 3.41. The van der Waals surface area contributed by atoms with Gasteiger partial charge in [-0.05, 0) is 14.1 Å². The lowest BCUT2D eigenvalue weighted by Gasteiger charge is -2.35. The molecular weight excluding hydrogens is 256 g/mol. The average molecular weight is 278 g/mol. The van der Waals surface area contributed by atoms with Crippen molar-refractivity contribution in [2.75, 3.05) is 59.1 Å². The van der Waals surface area contributed by atoms with Crippen LogP contribution in [-0.4, -0.2) is 83.9 Å². The van der Waals surface area contributed by atoms with Crippen LogP contribution in [0.4, 0.5) is 5.82 Å². The molecule has 0 aliphatic carbocycles. The van der Waals surface area contributed by atoms with Crippen LogP contribution >= 0.6 is 0 Å². The first-order valence-electron chi connectivity index (χ1n) is 6.80. The van der Waals surface area contributed by atoms with Gasteiger partial charge in [0.25, 0.3) is 5.91 Å². The molecule has 1 aliphatic rings. The van der Waals surface area contributed by atoms with Gasteiger partial charge in [-0.1, -0.05) is 0 Å². The fourth-order valence-corrected chi connectivity index (χ4v) is 2.13. The molecule has 20 heavy (non-hydrogen) atoms. The molecule has 0 atom stereocenters. The Bertz CT molecular complexity index is 439. The van der Waals surface area contributed by atoms with Gasteiger partial charge in [0.1, 0.15) is 11.5 Å². The van der Waals surface area contributed by atoms with E-state index in [2.05, 4.69) is 33.9 Å². The minimum atomic E-state index is -0.0650. The summed E-state index contributed by atoms with van der Waals surface area (Å²) in [5.74, 6) is 0.264. The Kier molecular flexibility index (Phi) is 4.86. The number of carbonyl (C=O) groups excluding carboxylic acids is 1. The topological polar surface area (TPSA) is 78.6 Å². The highest BCUT2D eigenvalue weighted by Gasteiger charge is 2.22. The van der Waals surface area contributed by atoms with E-state index in [4.69, 9.17) is 5.73 Å². The summed E-state index contributed by atoms with van der Waals surface area (Å²) in [7, 11) is 4.14. The lowest BCUT2D eigenvalue weighted by Crippen LogP contribution is -2.50. The fourth-order valence-electron chi connectivity index (χ4n) is 2.13. The molecule has 0 spiro atoms. The Morgan fingerprint density at radius 2 is 1.95 bits per heavy atom. The molecule has 1 aromatic rings. The Morgan fingerprint density at radius 1 is 1.25 bits per heavy atom. The van der Waals surface area contributed by atoms with Crippen LogP contribution in [-0.2, 0) is 0 Å². The summed E-state index contributed by atoms with van der Waals surface area (Å²) in [4.78, 5) is 26.6. The van der Waals surface area contributed by atoms with Crippen molar-refractivity contribution in [3.63, 3.8) is 0 Å². The molecule has 110 valence electrons. The van der Waals surface area contributed by atoms with E-state index in [0.29, 0.717) is 11.5 Å². The number of piperazine rings is 1. The predicted octanol–water partition coefficient (Wildman–Crippen LogP) is -0.622. The molecule has 0 aromatic carbocycles. The van der Waals surface area contributed by atoms with E-state index < -0.39 is 0 Å². The zero-order chi connectivity index (χ0) is 14.5. The van der Waals surface area contributed by atoms with Gasteiger partial charge in [0, 0.05) is 39.3 Å². The van der Waals surface area contributed by atoms with Gasteiger partial charge in [-0.15, -0.1) is 0 Å². The molecule has 1 aromatic heterocycles. The Morgan fingerprint density at radius 3 is 2.50 bits per heavy atom. The van der Waals surface area contributed by atoms with E-state index >= 15 is 0 Å². The van der Waals surface area contributed by atoms with E-state index in [-0.39, 0.29) is 5.91 Å². The van der Waals surface area contributed by atoms with Gasteiger partial charge in [0.05, 0.1) is 12.4 Å². The molecule has 1 saturated heterocycles. The Labute approximate surface area is 119 Å². The number of likely N-dealkylation sites (N-methyl/N-ethyl adjacent to an activating group) is 1. The molecule has 7 nitrogen and oxygen atoms in total. The van der Waals surface area contributed by atoms with Crippen LogP contribution in [0.2, 0.25) is 0 Å². The Balaban J connectivity index is 1.84. The number of nitrogens with two attached hydrogens (primary N) is 1. The van der Waals surface area contributed by atoms with Crippen LogP contribution in [0.5, 0.6) is 0 Å². The lowest BCUT2D eigenvalue weighted by molar-refractivity contribution is 0.0623. The molecule has 2 N–H and O–H groups in total. The van der Waals surface area contributed by atoms with Gasteiger partial charge in [-0.2, -0.15) is 0 Å². The molecule has 2 rings (SSSR count). The van der Waals surface area contributed by atoms with E-state index in [1.807, 2.05) is 4.90 Å². The summed E-state index contributed by atoms with van der Waals surface area (Å²) in [6.07, 6.45) is 2.86. The van der Waals surface area contributed by atoms with Crippen LogP contribution in [0.25, 0.3) is 0 Å². The highest BCUT2D eigenvalue weighted by Crippen LogP contribution is 2.07. The molecule has 1 aliphatic heterocycles. The summed E-state index contributed by atoms with van der Waals surface area (Å²) < 4.78 is 0. The second kappa shape index (κ2) is 6.62. The van der Waals surface area contributed by atoms with Gasteiger partial charge >= 0.3 is 0 Å². The molecule has 0 unspecified atom stereocenters. The number of amides is 1. The minimum Gasteiger partial charge on any atom is -0.382 e. The van der Waals surface area contributed by atoms with Gasteiger partial charge in [0.2, 0.25) is 0 Å². The maximum Gasteiger partial charge on any atom is 0.274 e. The maximum atomic E-state index is 12.2. The normalized spacial score (nSPS) is 16.6. The minimum absolute atomic E-state index is 0.0650. The van der Waals surface area contributed by atoms with E-state index in [1.54, 1.807) is 0 Å². The molecular formula is C13H22N6O. The lowest BCUT2D eigenvalue weighted by atomic mass is 10.2. The number of nitrogens with zero attached hydrogens (tertiary/aromatic N) is 5. The van der Waals surface area contributed by atoms with Gasteiger partial charge in [0.15, 0.2) is 0 Å². The number of anilines is 1. The summed E-state index contributed by atoms with van der Waals surface area (Å²) in [6, 6.07) is 0. The predicted molar refractivity (Wildman–Crippen MR) is 77.3 cm³/mol. The Hall–Kier alpha value is -1.73.